The summed E-state index contributed by atoms with van der Waals surface area (Å²) in [6, 6.07) is 21.8. The van der Waals surface area contributed by atoms with Crippen LogP contribution in [0.1, 0.15) is 28.4 Å². The van der Waals surface area contributed by atoms with Gasteiger partial charge in [0, 0.05) is 10.9 Å². The summed E-state index contributed by atoms with van der Waals surface area (Å²) < 4.78 is 16.4. The third-order valence-corrected chi connectivity index (χ3v) is 5.68. The van der Waals surface area contributed by atoms with Crippen molar-refractivity contribution >= 4 is 22.5 Å². The summed E-state index contributed by atoms with van der Waals surface area (Å²) in [5.41, 5.74) is 6.93. The van der Waals surface area contributed by atoms with Crippen LogP contribution in [0.4, 0.5) is 0 Å². The van der Waals surface area contributed by atoms with E-state index in [1.807, 2.05) is 24.3 Å². The van der Waals surface area contributed by atoms with Gasteiger partial charge in [-0.3, -0.25) is 4.79 Å². The van der Waals surface area contributed by atoms with Gasteiger partial charge < -0.3 is 14.2 Å². The lowest BCUT2D eigenvalue weighted by molar-refractivity contribution is 0.0956. The number of hydrogen-bond acceptors (Lipinski definition) is 7. The summed E-state index contributed by atoms with van der Waals surface area (Å²) in [6.45, 7) is 1.79. The average molecular weight is 481 g/mol. The van der Waals surface area contributed by atoms with Crippen molar-refractivity contribution in [2.45, 2.75) is 6.92 Å². The number of carbonyl (C=O) groups is 1. The van der Waals surface area contributed by atoms with Crippen LogP contribution in [0.25, 0.3) is 22.2 Å². The van der Waals surface area contributed by atoms with Crippen molar-refractivity contribution in [2.24, 2.45) is 5.10 Å². The standard InChI is InChI=1S/C28H24N4O4/c1-17(19-11-9-18(16-29)10-12-19)31-32-28(33)22-15-24(30-23-8-6-5-7-21(22)23)20-13-25(34-2)27(36-4)26(14-20)35-3/h5-15H,1-4H3,(H,32,33). The van der Waals surface area contributed by atoms with E-state index in [2.05, 4.69) is 16.6 Å². The maximum atomic E-state index is 13.3. The molecule has 0 aliphatic carbocycles. The molecule has 4 aromatic rings. The molecule has 4 rings (SSSR count). The van der Waals surface area contributed by atoms with E-state index in [-0.39, 0.29) is 5.91 Å². The van der Waals surface area contributed by atoms with Gasteiger partial charge in [0.05, 0.1) is 55.4 Å². The van der Waals surface area contributed by atoms with Crippen molar-refractivity contribution < 1.29 is 19.0 Å². The Kier molecular flexibility index (Phi) is 7.12. The number of amides is 1. The van der Waals surface area contributed by atoms with Crippen LogP contribution >= 0.6 is 0 Å². The Morgan fingerprint density at radius 3 is 2.22 bits per heavy atom. The molecule has 36 heavy (non-hydrogen) atoms. The molecule has 0 fully saturated rings. The average Bonchev–Trinajstić information content (AvgIpc) is 2.94. The number of carbonyl (C=O) groups excluding carboxylic acids is 1. The van der Waals surface area contributed by atoms with Gasteiger partial charge in [0.15, 0.2) is 11.5 Å². The normalized spacial score (nSPS) is 11.0. The summed E-state index contributed by atoms with van der Waals surface area (Å²) in [5.74, 6) is 1.05. The highest BCUT2D eigenvalue weighted by atomic mass is 16.5. The predicted octanol–water partition coefficient (Wildman–Crippen LogP) is 4.95. The number of pyridine rings is 1. The molecule has 1 aromatic heterocycles. The first kappa shape index (κ1) is 24.2. The van der Waals surface area contributed by atoms with Crippen LogP contribution in [0, 0.1) is 11.3 Å². The van der Waals surface area contributed by atoms with E-state index in [1.165, 1.54) is 7.11 Å². The van der Waals surface area contributed by atoms with Crippen molar-refractivity contribution in [2.75, 3.05) is 21.3 Å². The van der Waals surface area contributed by atoms with E-state index in [0.29, 0.717) is 56.2 Å². The molecule has 1 heterocycles. The Morgan fingerprint density at radius 1 is 0.944 bits per heavy atom. The zero-order valence-corrected chi connectivity index (χ0v) is 20.3. The Bertz CT molecular complexity index is 1480. The minimum atomic E-state index is -0.379. The number of methoxy groups -OCH3 is 3. The van der Waals surface area contributed by atoms with Gasteiger partial charge in [-0.1, -0.05) is 30.3 Å². The quantitative estimate of drug-likeness (QED) is 0.296. The zero-order valence-electron chi connectivity index (χ0n) is 20.3. The third kappa shape index (κ3) is 4.81. The number of nitrogens with one attached hydrogen (secondary N) is 1. The highest BCUT2D eigenvalue weighted by Gasteiger charge is 2.18. The maximum absolute atomic E-state index is 13.3. The lowest BCUT2D eigenvalue weighted by Gasteiger charge is -2.15. The molecule has 0 unspecified atom stereocenters. The van der Waals surface area contributed by atoms with E-state index in [1.54, 1.807) is 63.6 Å². The highest BCUT2D eigenvalue weighted by Crippen LogP contribution is 2.41. The number of rotatable bonds is 7. The van der Waals surface area contributed by atoms with Gasteiger partial charge >= 0.3 is 0 Å². The fraction of sp³-hybridized carbons (Fsp3) is 0.143. The largest absolute Gasteiger partial charge is 0.493 e. The first-order chi connectivity index (χ1) is 17.5. The molecule has 0 saturated heterocycles. The van der Waals surface area contributed by atoms with Gasteiger partial charge in [0.1, 0.15) is 0 Å². The molecule has 0 saturated carbocycles. The number of hydrogen-bond donors (Lipinski definition) is 1. The molecule has 3 aromatic carbocycles. The SMILES string of the molecule is COc1cc(-c2cc(C(=O)NN=C(C)c3ccc(C#N)cc3)c3ccccc3n2)cc(OC)c1OC. The summed E-state index contributed by atoms with van der Waals surface area (Å²) >= 11 is 0. The van der Waals surface area contributed by atoms with Crippen LogP contribution in [-0.4, -0.2) is 37.9 Å². The van der Waals surface area contributed by atoms with Gasteiger partial charge in [-0.2, -0.15) is 10.4 Å². The number of fused-ring (bicyclic) bond motifs is 1. The lowest BCUT2D eigenvalue weighted by atomic mass is 10.0. The molecule has 0 radical (unpaired) electrons. The first-order valence-corrected chi connectivity index (χ1v) is 11.0. The van der Waals surface area contributed by atoms with Gasteiger partial charge in [0.25, 0.3) is 5.91 Å². The molecule has 1 amide bonds. The summed E-state index contributed by atoms with van der Waals surface area (Å²) in [6.07, 6.45) is 0. The summed E-state index contributed by atoms with van der Waals surface area (Å²) in [4.78, 5) is 18.0. The van der Waals surface area contributed by atoms with E-state index < -0.39 is 0 Å². The molecule has 8 nitrogen and oxygen atoms in total. The van der Waals surface area contributed by atoms with Crippen molar-refractivity contribution in [1.29, 1.82) is 5.26 Å². The maximum Gasteiger partial charge on any atom is 0.272 e. The zero-order chi connectivity index (χ0) is 25.7. The number of benzene rings is 3. The van der Waals surface area contributed by atoms with Gasteiger partial charge in [-0.15, -0.1) is 0 Å². The summed E-state index contributed by atoms with van der Waals surface area (Å²) in [5, 5.41) is 13.9. The number of para-hydroxylation sites is 1. The Balaban J connectivity index is 1.74. The minimum Gasteiger partial charge on any atom is -0.493 e. The Hall–Kier alpha value is -4.90. The molecule has 0 spiro atoms. The second-order valence-corrected chi connectivity index (χ2v) is 7.81. The minimum absolute atomic E-state index is 0.379. The molecule has 180 valence electrons. The van der Waals surface area contributed by atoms with E-state index in [4.69, 9.17) is 24.5 Å². The Morgan fingerprint density at radius 2 is 1.61 bits per heavy atom. The van der Waals surface area contributed by atoms with Gasteiger partial charge in [-0.25, -0.2) is 10.4 Å². The number of nitrogens with zero attached hydrogens (tertiary/aromatic N) is 3. The number of hydrazone groups is 1. The first-order valence-electron chi connectivity index (χ1n) is 11.0. The number of aromatic nitrogens is 1. The lowest BCUT2D eigenvalue weighted by Crippen LogP contribution is -2.20. The topological polar surface area (TPSA) is 106 Å². The third-order valence-electron chi connectivity index (χ3n) is 5.68. The fourth-order valence-electron chi connectivity index (χ4n) is 3.79. The highest BCUT2D eigenvalue weighted by molar-refractivity contribution is 6.08. The number of ether oxygens (including phenoxy) is 3. The van der Waals surface area contributed by atoms with Crippen LogP contribution in [0.3, 0.4) is 0 Å². The molecule has 0 bridgehead atoms. The molecule has 0 atom stereocenters. The molecule has 1 N–H and O–H groups in total. The van der Waals surface area contributed by atoms with E-state index in [9.17, 15) is 4.79 Å². The van der Waals surface area contributed by atoms with Gasteiger partial charge in [-0.05, 0) is 48.9 Å². The predicted molar refractivity (Wildman–Crippen MR) is 138 cm³/mol. The van der Waals surface area contributed by atoms with Crippen LogP contribution in [0.5, 0.6) is 17.2 Å². The van der Waals surface area contributed by atoms with E-state index >= 15 is 0 Å². The van der Waals surface area contributed by atoms with Crippen LogP contribution in [0.15, 0.2) is 71.8 Å². The smallest absolute Gasteiger partial charge is 0.272 e. The van der Waals surface area contributed by atoms with Crippen LogP contribution in [-0.2, 0) is 0 Å². The second-order valence-electron chi connectivity index (χ2n) is 7.81. The van der Waals surface area contributed by atoms with Crippen molar-refractivity contribution in [3.63, 3.8) is 0 Å². The monoisotopic (exact) mass is 480 g/mol. The molecular weight excluding hydrogens is 456 g/mol. The van der Waals surface area contributed by atoms with Crippen molar-refractivity contribution in [3.05, 3.63) is 83.4 Å². The molecule has 0 aliphatic rings. The van der Waals surface area contributed by atoms with Crippen molar-refractivity contribution in [3.8, 4) is 34.6 Å². The fourth-order valence-corrected chi connectivity index (χ4v) is 3.79. The molecular formula is C28H24N4O4. The molecule has 0 aliphatic heterocycles. The number of nitriles is 1. The van der Waals surface area contributed by atoms with Gasteiger partial charge in [0.2, 0.25) is 5.75 Å². The molecule has 8 heteroatoms. The van der Waals surface area contributed by atoms with E-state index in [0.717, 1.165) is 5.56 Å². The van der Waals surface area contributed by atoms with Crippen LogP contribution < -0.4 is 19.6 Å². The van der Waals surface area contributed by atoms with Crippen molar-refractivity contribution in [1.82, 2.24) is 10.4 Å². The second kappa shape index (κ2) is 10.6. The Labute approximate surface area is 208 Å². The summed E-state index contributed by atoms with van der Waals surface area (Å²) in [7, 11) is 4.63. The van der Waals surface area contributed by atoms with Crippen LogP contribution in [0.2, 0.25) is 0 Å².